The lowest BCUT2D eigenvalue weighted by Gasteiger charge is -2.37. The van der Waals surface area contributed by atoms with E-state index < -0.39 is 6.04 Å². The third-order valence-corrected chi connectivity index (χ3v) is 4.41. The number of carbonyl (C=O) groups is 2. The number of ether oxygens (including phenoxy) is 2. The van der Waals surface area contributed by atoms with Crippen LogP contribution in [0.25, 0.3) is 0 Å². The van der Waals surface area contributed by atoms with Gasteiger partial charge in [0.25, 0.3) is 0 Å². The fraction of sp³-hybridized carbons (Fsp3) is 0.556. The Morgan fingerprint density at radius 1 is 1.32 bits per heavy atom. The Morgan fingerprint density at radius 2 is 1.96 bits per heavy atom. The Hall–Kier alpha value is -2.28. The van der Waals surface area contributed by atoms with Crippen LogP contribution in [0.1, 0.15) is 25.8 Å². The molecule has 1 heterocycles. The van der Waals surface area contributed by atoms with Crippen LogP contribution >= 0.6 is 0 Å². The van der Waals surface area contributed by atoms with Gasteiger partial charge in [0.15, 0.2) is 0 Å². The maximum atomic E-state index is 12.4. The molecular weight excluding hydrogens is 322 g/mol. The molecule has 0 radical (unpaired) electrons. The van der Waals surface area contributed by atoms with Gasteiger partial charge in [-0.2, -0.15) is 0 Å². The lowest BCUT2D eigenvalue weighted by Crippen LogP contribution is -2.58. The Morgan fingerprint density at radius 3 is 2.52 bits per heavy atom. The molecule has 0 aromatic heterocycles. The zero-order valence-electron chi connectivity index (χ0n) is 15.3. The Labute approximate surface area is 148 Å². The maximum absolute atomic E-state index is 12.4. The zero-order valence-corrected chi connectivity index (χ0v) is 15.3. The largest absolute Gasteiger partial charge is 0.496 e. The normalized spacial score (nSPS) is 18.0. The minimum Gasteiger partial charge on any atom is -0.496 e. The van der Waals surface area contributed by atoms with Crippen molar-refractivity contribution in [1.29, 1.82) is 0 Å². The smallest absolute Gasteiger partial charge is 0.237 e. The van der Waals surface area contributed by atoms with Crippen molar-refractivity contribution in [3.05, 3.63) is 23.8 Å². The van der Waals surface area contributed by atoms with Crippen LogP contribution in [0, 0.1) is 0 Å². The zero-order chi connectivity index (χ0) is 18.4. The summed E-state index contributed by atoms with van der Waals surface area (Å²) in [6.45, 7) is 5.71. The number of nitrogens with zero attached hydrogens (tertiary/aromatic N) is 1. The monoisotopic (exact) mass is 349 g/mol. The van der Waals surface area contributed by atoms with Crippen molar-refractivity contribution >= 4 is 11.8 Å². The fourth-order valence-corrected chi connectivity index (χ4v) is 3.10. The van der Waals surface area contributed by atoms with Crippen LogP contribution in [0.5, 0.6) is 11.5 Å². The van der Waals surface area contributed by atoms with Crippen LogP contribution in [0.4, 0.5) is 0 Å². The van der Waals surface area contributed by atoms with Gasteiger partial charge in [0.05, 0.1) is 38.8 Å². The van der Waals surface area contributed by atoms with Crippen LogP contribution in [-0.4, -0.2) is 56.1 Å². The summed E-state index contributed by atoms with van der Waals surface area (Å²) >= 11 is 0. The van der Waals surface area contributed by atoms with Crippen molar-refractivity contribution in [1.82, 2.24) is 15.5 Å². The van der Waals surface area contributed by atoms with Gasteiger partial charge in [0.1, 0.15) is 11.5 Å². The number of benzene rings is 1. The summed E-state index contributed by atoms with van der Waals surface area (Å²) in [6.07, 6.45) is 0.126. The summed E-state index contributed by atoms with van der Waals surface area (Å²) in [4.78, 5) is 26.6. The van der Waals surface area contributed by atoms with Crippen LogP contribution in [0.2, 0.25) is 0 Å². The van der Waals surface area contributed by atoms with E-state index >= 15 is 0 Å². The van der Waals surface area contributed by atoms with Crippen molar-refractivity contribution in [3.63, 3.8) is 0 Å². The van der Waals surface area contributed by atoms with E-state index in [0.717, 1.165) is 12.1 Å². The van der Waals surface area contributed by atoms with Gasteiger partial charge in [-0.05, 0) is 26.0 Å². The molecule has 25 heavy (non-hydrogen) atoms. The highest BCUT2D eigenvalue weighted by Crippen LogP contribution is 2.28. The molecule has 1 aromatic rings. The Balaban J connectivity index is 2.02. The number of rotatable bonds is 7. The standard InChI is InChI=1S/C18H27N3O4/c1-12(2)21-9-8-19-18(23)14(21)10-17(22)20-11-13-15(24-3)6-5-7-16(13)25-4/h5-7,12,14H,8-11H2,1-4H3,(H,19,23)(H,20,22)/t14-/m1/s1. The van der Waals surface area contributed by atoms with Gasteiger partial charge >= 0.3 is 0 Å². The maximum Gasteiger partial charge on any atom is 0.237 e. The van der Waals surface area contributed by atoms with E-state index in [1.807, 2.05) is 32.0 Å². The van der Waals surface area contributed by atoms with E-state index in [0.29, 0.717) is 18.0 Å². The van der Waals surface area contributed by atoms with E-state index in [2.05, 4.69) is 15.5 Å². The molecule has 0 saturated carbocycles. The minimum atomic E-state index is -0.437. The third kappa shape index (κ3) is 4.63. The van der Waals surface area contributed by atoms with Crippen molar-refractivity contribution in [2.75, 3.05) is 27.3 Å². The average Bonchev–Trinajstić information content (AvgIpc) is 2.60. The summed E-state index contributed by atoms with van der Waals surface area (Å²) in [5.41, 5.74) is 0.773. The number of nitrogens with one attached hydrogen (secondary N) is 2. The molecule has 0 bridgehead atoms. The molecule has 0 spiro atoms. The van der Waals surface area contributed by atoms with Crippen molar-refractivity contribution in [2.45, 2.75) is 38.9 Å². The van der Waals surface area contributed by atoms with E-state index in [4.69, 9.17) is 9.47 Å². The molecule has 7 heteroatoms. The Kier molecular flexibility index (Phi) is 6.64. The van der Waals surface area contributed by atoms with Gasteiger partial charge in [-0.3, -0.25) is 14.5 Å². The molecule has 1 saturated heterocycles. The van der Waals surface area contributed by atoms with E-state index in [1.165, 1.54) is 0 Å². The van der Waals surface area contributed by atoms with Crippen LogP contribution in [-0.2, 0) is 16.1 Å². The van der Waals surface area contributed by atoms with E-state index in [-0.39, 0.29) is 30.8 Å². The first kappa shape index (κ1) is 19.1. The van der Waals surface area contributed by atoms with Crippen molar-refractivity contribution in [2.24, 2.45) is 0 Å². The molecule has 1 aromatic carbocycles. The summed E-state index contributed by atoms with van der Waals surface area (Å²) in [5.74, 6) is 1.03. The van der Waals surface area contributed by atoms with Gasteiger partial charge in [-0.1, -0.05) is 6.07 Å². The third-order valence-electron chi connectivity index (χ3n) is 4.41. The minimum absolute atomic E-state index is 0.0926. The quantitative estimate of drug-likeness (QED) is 0.765. The summed E-state index contributed by atoms with van der Waals surface area (Å²) in [7, 11) is 3.15. The molecule has 2 amide bonds. The molecule has 138 valence electrons. The van der Waals surface area contributed by atoms with Gasteiger partial charge < -0.3 is 20.1 Å². The van der Waals surface area contributed by atoms with E-state index in [9.17, 15) is 9.59 Å². The predicted octanol–water partition coefficient (Wildman–Crippen LogP) is 0.919. The fourth-order valence-electron chi connectivity index (χ4n) is 3.10. The highest BCUT2D eigenvalue weighted by molar-refractivity contribution is 5.88. The molecule has 1 fully saturated rings. The molecule has 7 nitrogen and oxygen atoms in total. The second-order valence-corrected chi connectivity index (χ2v) is 6.26. The number of methoxy groups -OCH3 is 2. The van der Waals surface area contributed by atoms with Crippen molar-refractivity contribution in [3.8, 4) is 11.5 Å². The average molecular weight is 349 g/mol. The number of piperazine rings is 1. The van der Waals surface area contributed by atoms with Crippen LogP contribution in [0.15, 0.2) is 18.2 Å². The van der Waals surface area contributed by atoms with Gasteiger partial charge in [0, 0.05) is 19.1 Å². The highest BCUT2D eigenvalue weighted by Gasteiger charge is 2.32. The number of carbonyl (C=O) groups excluding carboxylic acids is 2. The molecule has 1 atom stereocenters. The summed E-state index contributed by atoms with van der Waals surface area (Å²) in [5, 5.41) is 5.70. The first-order valence-electron chi connectivity index (χ1n) is 8.48. The number of hydrogen-bond donors (Lipinski definition) is 2. The molecule has 0 unspecified atom stereocenters. The second kappa shape index (κ2) is 8.71. The van der Waals surface area contributed by atoms with Gasteiger partial charge in [-0.25, -0.2) is 0 Å². The highest BCUT2D eigenvalue weighted by atomic mass is 16.5. The number of hydrogen-bond acceptors (Lipinski definition) is 5. The summed E-state index contributed by atoms with van der Waals surface area (Å²) < 4.78 is 10.7. The second-order valence-electron chi connectivity index (χ2n) is 6.26. The summed E-state index contributed by atoms with van der Waals surface area (Å²) in [6, 6.07) is 5.24. The predicted molar refractivity (Wildman–Crippen MR) is 94.6 cm³/mol. The lowest BCUT2D eigenvalue weighted by atomic mass is 10.1. The van der Waals surface area contributed by atoms with E-state index in [1.54, 1.807) is 14.2 Å². The number of amides is 2. The topological polar surface area (TPSA) is 79.9 Å². The first-order chi connectivity index (χ1) is 12.0. The SMILES string of the molecule is COc1cccc(OC)c1CNC(=O)C[C@@H]1C(=O)NCCN1C(C)C. The molecule has 1 aliphatic rings. The molecule has 0 aliphatic carbocycles. The lowest BCUT2D eigenvalue weighted by molar-refractivity contribution is -0.134. The van der Waals surface area contributed by atoms with Crippen LogP contribution in [0.3, 0.4) is 0 Å². The van der Waals surface area contributed by atoms with Crippen molar-refractivity contribution < 1.29 is 19.1 Å². The molecular formula is C18H27N3O4. The van der Waals surface area contributed by atoms with Gasteiger partial charge in [0.2, 0.25) is 11.8 Å². The molecule has 2 N–H and O–H groups in total. The molecule has 2 rings (SSSR count). The van der Waals surface area contributed by atoms with Gasteiger partial charge in [-0.15, -0.1) is 0 Å². The van der Waals surface area contributed by atoms with Crippen LogP contribution < -0.4 is 20.1 Å². The molecule has 1 aliphatic heterocycles. The first-order valence-corrected chi connectivity index (χ1v) is 8.48. The Bertz CT molecular complexity index is 596.